The van der Waals surface area contributed by atoms with E-state index < -0.39 is 0 Å². The molecule has 0 bridgehead atoms. The first-order valence-electron chi connectivity index (χ1n) is 5.12. The average molecular weight is 310 g/mol. The summed E-state index contributed by atoms with van der Waals surface area (Å²) < 4.78 is 0.719. The van der Waals surface area contributed by atoms with E-state index in [1.54, 1.807) is 17.8 Å². The summed E-state index contributed by atoms with van der Waals surface area (Å²) in [4.78, 5) is 8.43. The second kappa shape index (κ2) is 5.51. The molecule has 2 aromatic rings. The van der Waals surface area contributed by atoms with Gasteiger partial charge in [-0.2, -0.15) is 0 Å². The fourth-order valence-corrected chi connectivity index (χ4v) is 2.76. The standard InChI is InChI=1S/C12H12BrN3S/c1-8-3-2-4-9(5-8)7-17-12-15-10(13)6-11(14)16-12/h2-6H,7H2,1H3,(H2,14,15,16). The zero-order chi connectivity index (χ0) is 12.3. The molecule has 0 aliphatic carbocycles. The van der Waals surface area contributed by atoms with Crippen LogP contribution in [0.15, 0.2) is 40.1 Å². The first-order chi connectivity index (χ1) is 8.13. The van der Waals surface area contributed by atoms with E-state index in [1.165, 1.54) is 11.1 Å². The second-order valence-electron chi connectivity index (χ2n) is 3.68. The average Bonchev–Trinajstić information content (AvgIpc) is 2.25. The van der Waals surface area contributed by atoms with Crippen molar-refractivity contribution in [2.24, 2.45) is 0 Å². The van der Waals surface area contributed by atoms with Crippen LogP contribution in [0.1, 0.15) is 11.1 Å². The van der Waals surface area contributed by atoms with Gasteiger partial charge in [0, 0.05) is 11.8 Å². The number of halogens is 1. The van der Waals surface area contributed by atoms with Crippen molar-refractivity contribution >= 4 is 33.5 Å². The largest absolute Gasteiger partial charge is 0.384 e. The minimum absolute atomic E-state index is 0.485. The Balaban J connectivity index is 2.07. The highest BCUT2D eigenvalue weighted by molar-refractivity contribution is 9.10. The van der Waals surface area contributed by atoms with Crippen LogP contribution in [0, 0.1) is 6.92 Å². The molecule has 0 atom stereocenters. The van der Waals surface area contributed by atoms with Crippen LogP contribution < -0.4 is 5.73 Å². The quantitative estimate of drug-likeness (QED) is 0.536. The van der Waals surface area contributed by atoms with Crippen LogP contribution in [0.5, 0.6) is 0 Å². The molecule has 3 nitrogen and oxygen atoms in total. The molecule has 0 fully saturated rings. The monoisotopic (exact) mass is 309 g/mol. The minimum atomic E-state index is 0.485. The van der Waals surface area contributed by atoms with Gasteiger partial charge in [0.05, 0.1) is 0 Å². The van der Waals surface area contributed by atoms with Gasteiger partial charge in [-0.25, -0.2) is 9.97 Å². The summed E-state index contributed by atoms with van der Waals surface area (Å²) in [7, 11) is 0. The predicted octanol–water partition coefficient (Wildman–Crippen LogP) is 3.42. The first kappa shape index (κ1) is 12.4. The van der Waals surface area contributed by atoms with E-state index in [2.05, 4.69) is 57.1 Å². The van der Waals surface area contributed by atoms with Gasteiger partial charge >= 0.3 is 0 Å². The molecule has 1 aromatic heterocycles. The van der Waals surface area contributed by atoms with Crippen molar-refractivity contribution in [1.82, 2.24) is 9.97 Å². The number of nitrogen functional groups attached to an aromatic ring is 1. The Hall–Kier alpha value is -1.07. The number of benzene rings is 1. The molecule has 0 unspecified atom stereocenters. The summed E-state index contributed by atoms with van der Waals surface area (Å²) in [5.74, 6) is 1.33. The maximum absolute atomic E-state index is 5.66. The highest BCUT2D eigenvalue weighted by Gasteiger charge is 2.02. The van der Waals surface area contributed by atoms with Crippen LogP contribution in [0.3, 0.4) is 0 Å². The maximum atomic E-state index is 5.66. The molecule has 0 radical (unpaired) electrons. The highest BCUT2D eigenvalue weighted by Crippen LogP contribution is 2.22. The van der Waals surface area contributed by atoms with Gasteiger partial charge in [-0.05, 0) is 28.4 Å². The van der Waals surface area contributed by atoms with Gasteiger partial charge in [0.25, 0.3) is 0 Å². The molecule has 0 aliphatic rings. The number of aryl methyl sites for hydroxylation is 1. The van der Waals surface area contributed by atoms with Gasteiger partial charge in [-0.1, -0.05) is 41.6 Å². The number of nitrogens with two attached hydrogens (primary N) is 1. The van der Waals surface area contributed by atoms with Crippen LogP contribution in [0.25, 0.3) is 0 Å². The maximum Gasteiger partial charge on any atom is 0.190 e. The summed E-state index contributed by atoms with van der Waals surface area (Å²) in [5, 5.41) is 0.693. The third-order valence-electron chi connectivity index (χ3n) is 2.14. The van der Waals surface area contributed by atoms with Crippen LogP contribution in [-0.4, -0.2) is 9.97 Å². The van der Waals surface area contributed by atoms with Crippen molar-refractivity contribution in [2.45, 2.75) is 17.8 Å². The minimum Gasteiger partial charge on any atom is -0.384 e. The van der Waals surface area contributed by atoms with E-state index in [1.807, 2.05) is 0 Å². The molecule has 1 aromatic carbocycles. The molecule has 0 saturated heterocycles. The number of anilines is 1. The predicted molar refractivity (Wildman–Crippen MR) is 74.9 cm³/mol. The first-order valence-corrected chi connectivity index (χ1v) is 6.90. The third kappa shape index (κ3) is 3.71. The molecule has 0 saturated carbocycles. The zero-order valence-corrected chi connectivity index (χ0v) is 11.8. The fraction of sp³-hybridized carbons (Fsp3) is 0.167. The lowest BCUT2D eigenvalue weighted by atomic mass is 10.2. The molecule has 0 amide bonds. The lowest BCUT2D eigenvalue weighted by Gasteiger charge is -2.03. The number of aromatic nitrogens is 2. The Morgan fingerprint density at radius 1 is 1.29 bits per heavy atom. The Morgan fingerprint density at radius 2 is 2.12 bits per heavy atom. The highest BCUT2D eigenvalue weighted by atomic mass is 79.9. The molecular formula is C12H12BrN3S. The molecule has 2 rings (SSSR count). The summed E-state index contributed by atoms with van der Waals surface area (Å²) in [6, 6.07) is 10.1. The SMILES string of the molecule is Cc1cccc(CSc2nc(N)cc(Br)n2)c1. The number of thioether (sulfide) groups is 1. The molecular weight excluding hydrogens is 298 g/mol. The molecule has 0 aliphatic heterocycles. The van der Waals surface area contributed by atoms with Crippen molar-refractivity contribution in [3.05, 3.63) is 46.1 Å². The Bertz CT molecular complexity index is 511. The molecule has 88 valence electrons. The lowest BCUT2D eigenvalue weighted by molar-refractivity contribution is 0.956. The van der Waals surface area contributed by atoms with Gasteiger partial charge in [0.1, 0.15) is 10.4 Å². The summed E-state index contributed by atoms with van der Waals surface area (Å²) in [6.45, 7) is 2.09. The van der Waals surface area contributed by atoms with E-state index >= 15 is 0 Å². The van der Waals surface area contributed by atoms with E-state index in [0.29, 0.717) is 11.0 Å². The van der Waals surface area contributed by atoms with Crippen molar-refractivity contribution in [1.29, 1.82) is 0 Å². The van der Waals surface area contributed by atoms with Crippen molar-refractivity contribution in [2.75, 3.05) is 5.73 Å². The van der Waals surface area contributed by atoms with Crippen molar-refractivity contribution < 1.29 is 0 Å². The molecule has 0 spiro atoms. The van der Waals surface area contributed by atoms with Crippen LogP contribution in [0.4, 0.5) is 5.82 Å². The van der Waals surface area contributed by atoms with Crippen molar-refractivity contribution in [3.8, 4) is 0 Å². The smallest absolute Gasteiger partial charge is 0.190 e. The summed E-state index contributed by atoms with van der Waals surface area (Å²) in [5.41, 5.74) is 8.18. The zero-order valence-electron chi connectivity index (χ0n) is 9.35. The van der Waals surface area contributed by atoms with Crippen LogP contribution in [0.2, 0.25) is 0 Å². The third-order valence-corrected chi connectivity index (χ3v) is 3.47. The second-order valence-corrected chi connectivity index (χ2v) is 5.43. The van der Waals surface area contributed by atoms with Gasteiger partial charge < -0.3 is 5.73 Å². The van der Waals surface area contributed by atoms with Gasteiger partial charge in [0.2, 0.25) is 0 Å². The number of rotatable bonds is 3. The topological polar surface area (TPSA) is 51.8 Å². The Labute approximate surface area is 113 Å². The van der Waals surface area contributed by atoms with E-state index in [9.17, 15) is 0 Å². The van der Waals surface area contributed by atoms with Crippen molar-refractivity contribution in [3.63, 3.8) is 0 Å². The Kier molecular flexibility index (Phi) is 4.02. The van der Waals surface area contributed by atoms with Crippen LogP contribution in [-0.2, 0) is 5.75 Å². The Morgan fingerprint density at radius 3 is 2.82 bits per heavy atom. The summed E-state index contributed by atoms with van der Waals surface area (Å²) >= 11 is 4.88. The number of hydrogen-bond acceptors (Lipinski definition) is 4. The molecule has 1 heterocycles. The summed E-state index contributed by atoms with van der Waals surface area (Å²) in [6.07, 6.45) is 0. The lowest BCUT2D eigenvalue weighted by Crippen LogP contribution is -1.95. The van der Waals surface area contributed by atoms with Gasteiger partial charge in [0.15, 0.2) is 5.16 Å². The van der Waals surface area contributed by atoms with Crippen LogP contribution >= 0.6 is 27.7 Å². The van der Waals surface area contributed by atoms with E-state index in [-0.39, 0.29) is 0 Å². The molecule has 2 N–H and O–H groups in total. The van der Waals surface area contributed by atoms with Gasteiger partial charge in [-0.3, -0.25) is 0 Å². The van der Waals surface area contributed by atoms with E-state index in [4.69, 9.17) is 5.73 Å². The van der Waals surface area contributed by atoms with Gasteiger partial charge in [-0.15, -0.1) is 0 Å². The number of hydrogen-bond donors (Lipinski definition) is 1. The number of nitrogens with zero attached hydrogens (tertiary/aromatic N) is 2. The fourth-order valence-electron chi connectivity index (χ4n) is 1.43. The van der Waals surface area contributed by atoms with E-state index in [0.717, 1.165) is 10.4 Å². The normalized spacial score (nSPS) is 10.5. The molecule has 5 heteroatoms. The molecule has 17 heavy (non-hydrogen) atoms.